The van der Waals surface area contributed by atoms with Gasteiger partial charge in [0.1, 0.15) is 0 Å². The fourth-order valence-electron chi connectivity index (χ4n) is 0. The molecule has 0 aromatic heterocycles. The van der Waals surface area contributed by atoms with Gasteiger partial charge in [0, 0.05) is 0 Å². The molecule has 0 radical (unpaired) electrons. The molecule has 0 aliphatic carbocycles. The van der Waals surface area contributed by atoms with E-state index in [1.807, 2.05) is 0 Å². The van der Waals surface area contributed by atoms with Crippen LogP contribution in [0.2, 0.25) is 0 Å². The molecule has 0 amide bonds. The van der Waals surface area contributed by atoms with Crippen molar-refractivity contribution in [1.29, 1.82) is 0 Å². The molecule has 0 atom stereocenters. The van der Waals surface area contributed by atoms with Crippen LogP contribution in [0.15, 0.2) is 0 Å². The predicted octanol–water partition coefficient (Wildman–Crippen LogP) is -36.0. The van der Waals surface area contributed by atoms with Crippen LogP contribution in [0.5, 0.6) is 0 Å². The SMILES string of the molecule is [Cl-].[Cl-].[Cl-].[Cl-].[Cl-].[Cl-].[Na+].[Na+].[Na+].[Na+].[Na+].[Na+]. The van der Waals surface area contributed by atoms with Gasteiger partial charge in [-0.1, -0.05) is 0 Å². The molecule has 0 aliphatic rings. The zero-order valence-corrected chi connectivity index (χ0v) is 24.8. The molecule has 0 aromatic rings. The fourth-order valence-corrected chi connectivity index (χ4v) is 0. The van der Waals surface area contributed by atoms with E-state index in [0.29, 0.717) is 0 Å². The maximum absolute atomic E-state index is 0. The van der Waals surface area contributed by atoms with Crippen molar-refractivity contribution in [3.63, 3.8) is 0 Å². The van der Waals surface area contributed by atoms with Gasteiger partial charge in [0.25, 0.3) is 0 Å². The van der Waals surface area contributed by atoms with Crippen LogP contribution in [0.4, 0.5) is 0 Å². The van der Waals surface area contributed by atoms with Gasteiger partial charge in [0.15, 0.2) is 0 Å². The molecular formula is Cl6Na6. The number of hydrogen-bond acceptors (Lipinski definition) is 0. The Balaban J connectivity index is 0. The minimum atomic E-state index is 0. The van der Waals surface area contributed by atoms with Crippen LogP contribution in [0.3, 0.4) is 0 Å². The normalized spacial score (nSPS) is 0. The number of rotatable bonds is 0. The third-order valence-corrected chi connectivity index (χ3v) is 0. The molecule has 12 heteroatoms. The second-order valence-electron chi connectivity index (χ2n) is 0. The summed E-state index contributed by atoms with van der Waals surface area (Å²) in [5.41, 5.74) is 0. The monoisotopic (exact) mass is 348 g/mol. The van der Waals surface area contributed by atoms with E-state index in [1.165, 1.54) is 0 Å². The van der Waals surface area contributed by atoms with Crippen molar-refractivity contribution in [2.45, 2.75) is 0 Å². The van der Waals surface area contributed by atoms with Crippen LogP contribution >= 0.6 is 0 Å². The molecule has 0 bridgehead atoms. The summed E-state index contributed by atoms with van der Waals surface area (Å²) in [4.78, 5) is 0. The summed E-state index contributed by atoms with van der Waals surface area (Å²) >= 11 is 0. The van der Waals surface area contributed by atoms with Crippen LogP contribution in [0, 0.1) is 0 Å². The Morgan fingerprint density at radius 1 is 0.167 bits per heavy atom. The molecule has 0 heterocycles. The first-order valence-corrected chi connectivity index (χ1v) is 0. The standard InChI is InChI=1S/6ClH.6Na/h6*1H;;;;;;/q;;;;;;6*+1/p-6. The Bertz CT molecular complexity index is 12.0. The van der Waals surface area contributed by atoms with E-state index in [0.717, 1.165) is 0 Å². The summed E-state index contributed by atoms with van der Waals surface area (Å²) in [6.07, 6.45) is 0. The largest absolute Gasteiger partial charge is 1.00 e. The van der Waals surface area contributed by atoms with Crippen LogP contribution < -0.4 is 252 Å². The second-order valence-corrected chi connectivity index (χ2v) is 0. The van der Waals surface area contributed by atoms with Gasteiger partial charge in [-0.3, -0.25) is 0 Å². The summed E-state index contributed by atoms with van der Waals surface area (Å²) in [7, 11) is 0. The molecule has 0 fully saturated rings. The summed E-state index contributed by atoms with van der Waals surface area (Å²) in [6.45, 7) is 0. The molecule has 0 N–H and O–H groups in total. The smallest absolute Gasteiger partial charge is 1.00 e. The van der Waals surface area contributed by atoms with E-state index >= 15 is 0 Å². The molecular weight excluding hydrogens is 351 g/mol. The maximum Gasteiger partial charge on any atom is 1.00 e. The predicted molar refractivity (Wildman–Crippen MR) is 0 cm³/mol. The van der Waals surface area contributed by atoms with Gasteiger partial charge in [0.05, 0.1) is 0 Å². The Labute approximate surface area is 245 Å². The third-order valence-electron chi connectivity index (χ3n) is 0. The summed E-state index contributed by atoms with van der Waals surface area (Å²) < 4.78 is 0. The van der Waals surface area contributed by atoms with E-state index in [2.05, 4.69) is 0 Å². The number of halogens is 6. The zero-order chi connectivity index (χ0) is 0. The van der Waals surface area contributed by atoms with Crippen LogP contribution in [-0.2, 0) is 0 Å². The topological polar surface area (TPSA) is 0 Å². The van der Waals surface area contributed by atoms with Crippen molar-refractivity contribution in [3.8, 4) is 0 Å². The first-order chi connectivity index (χ1) is 0. The van der Waals surface area contributed by atoms with Crippen LogP contribution in [0.1, 0.15) is 0 Å². The summed E-state index contributed by atoms with van der Waals surface area (Å²) in [6, 6.07) is 0. The fraction of sp³-hybridized carbons (Fsp3) is 0. The minimum Gasteiger partial charge on any atom is -1.00 e. The minimum absolute atomic E-state index is 0. The Morgan fingerprint density at radius 2 is 0.167 bits per heavy atom. The molecule has 0 saturated heterocycles. The van der Waals surface area contributed by atoms with Gasteiger partial charge >= 0.3 is 177 Å². The average Bonchev–Trinajstić information content (AvgIpc) is 0. The van der Waals surface area contributed by atoms with Crippen molar-refractivity contribution in [1.82, 2.24) is 0 Å². The molecule has 0 saturated carbocycles. The molecule has 0 unspecified atom stereocenters. The van der Waals surface area contributed by atoms with Gasteiger partial charge in [-0.25, -0.2) is 0 Å². The molecule has 48 valence electrons. The number of hydrogen-bond donors (Lipinski definition) is 0. The van der Waals surface area contributed by atoms with E-state index in [9.17, 15) is 0 Å². The van der Waals surface area contributed by atoms with Crippen molar-refractivity contribution in [2.75, 3.05) is 0 Å². The van der Waals surface area contributed by atoms with Crippen molar-refractivity contribution < 1.29 is 252 Å². The summed E-state index contributed by atoms with van der Waals surface area (Å²) in [5, 5.41) is 0. The van der Waals surface area contributed by atoms with Crippen LogP contribution in [-0.4, -0.2) is 0 Å². The Kier molecular flexibility index (Phi) is 949. The van der Waals surface area contributed by atoms with Crippen molar-refractivity contribution in [2.24, 2.45) is 0 Å². The first kappa shape index (κ1) is 116. The molecule has 0 rings (SSSR count). The zero-order valence-electron chi connectivity index (χ0n) is 8.27. The molecule has 0 aliphatic heterocycles. The molecule has 0 nitrogen and oxygen atoms in total. The van der Waals surface area contributed by atoms with E-state index in [4.69, 9.17) is 0 Å². The van der Waals surface area contributed by atoms with Gasteiger partial charge < -0.3 is 74.4 Å². The van der Waals surface area contributed by atoms with E-state index in [-0.39, 0.29) is 252 Å². The molecule has 12 heavy (non-hydrogen) atoms. The Hall–Kier alpha value is 7.74. The van der Waals surface area contributed by atoms with Gasteiger partial charge in [-0.15, -0.1) is 0 Å². The average molecular weight is 351 g/mol. The van der Waals surface area contributed by atoms with Gasteiger partial charge in [0.2, 0.25) is 0 Å². The van der Waals surface area contributed by atoms with Crippen molar-refractivity contribution in [3.05, 3.63) is 0 Å². The maximum atomic E-state index is 0. The summed E-state index contributed by atoms with van der Waals surface area (Å²) in [5.74, 6) is 0. The van der Waals surface area contributed by atoms with Gasteiger partial charge in [-0.05, 0) is 0 Å². The quantitative estimate of drug-likeness (QED) is 0.381. The van der Waals surface area contributed by atoms with Gasteiger partial charge in [-0.2, -0.15) is 0 Å². The van der Waals surface area contributed by atoms with E-state index < -0.39 is 0 Å². The molecule has 0 aromatic carbocycles. The van der Waals surface area contributed by atoms with E-state index in [1.54, 1.807) is 0 Å². The first-order valence-electron chi connectivity index (χ1n) is 0. The second kappa shape index (κ2) is 98.4. The molecule has 0 spiro atoms. The van der Waals surface area contributed by atoms with Crippen LogP contribution in [0.25, 0.3) is 0 Å². The van der Waals surface area contributed by atoms with Crippen molar-refractivity contribution >= 4 is 0 Å². The third kappa shape index (κ3) is 83.0. The Morgan fingerprint density at radius 3 is 0.167 bits per heavy atom.